The molecule has 3 aromatic heterocycles. The molecule has 2 aliphatic heterocycles. The van der Waals surface area contributed by atoms with Crippen LogP contribution in [0.5, 0.6) is 0 Å². The van der Waals surface area contributed by atoms with Crippen molar-refractivity contribution in [2.24, 2.45) is 0 Å². The Balaban J connectivity index is 1.38. The number of fused-ring (bicyclic) bond motifs is 6. The van der Waals surface area contributed by atoms with Crippen molar-refractivity contribution in [3.8, 4) is 33.8 Å². The second-order valence-electron chi connectivity index (χ2n) is 11.1. The molecule has 0 N–H and O–H groups in total. The molecule has 2 aliphatic rings. The molecule has 1 atom stereocenters. The van der Waals surface area contributed by atoms with E-state index in [1.807, 2.05) is 0 Å². The van der Waals surface area contributed by atoms with Crippen molar-refractivity contribution in [2.45, 2.75) is 26.9 Å². The summed E-state index contributed by atoms with van der Waals surface area (Å²) in [6.07, 6.45) is 6.85. The van der Waals surface area contributed by atoms with Gasteiger partial charge in [-0.05, 0) is 0 Å². The fraction of sp³-hybridized carbons (Fsp3) is 0.108. The van der Waals surface area contributed by atoms with Gasteiger partial charge in [-0.15, -0.1) is 0 Å². The molecule has 4 heteroatoms. The fourth-order valence-electron chi connectivity index (χ4n) is 6.39. The first-order valence-electron chi connectivity index (χ1n) is 14.1. The van der Waals surface area contributed by atoms with Gasteiger partial charge >= 0.3 is 250 Å². The molecule has 198 valence electrons. The number of hydrogen-bond acceptors (Lipinski definition) is 0. The van der Waals surface area contributed by atoms with Crippen LogP contribution in [-0.2, 0) is 0 Å². The summed E-state index contributed by atoms with van der Waals surface area (Å²) in [5.74, 6) is 0. The molecule has 0 aliphatic carbocycles. The van der Waals surface area contributed by atoms with Gasteiger partial charge < -0.3 is 0 Å². The Bertz CT molecular complexity index is 2010. The van der Waals surface area contributed by atoms with E-state index in [0.29, 0.717) is 0 Å². The van der Waals surface area contributed by atoms with Gasteiger partial charge in [-0.3, -0.25) is 0 Å². The summed E-state index contributed by atoms with van der Waals surface area (Å²) in [5, 5.41) is 0. The predicted molar refractivity (Wildman–Crippen MR) is 171 cm³/mol. The molecule has 41 heavy (non-hydrogen) atoms. The molecule has 5 heterocycles. The normalized spacial score (nSPS) is 15.3. The molecule has 0 radical (unpaired) electrons. The number of benzene rings is 3. The quantitative estimate of drug-likeness (QED) is 0.142. The molecule has 0 unspecified atom stereocenters. The molecule has 0 amide bonds. The molecular formula is C37H31IN3+3. The van der Waals surface area contributed by atoms with E-state index in [2.05, 4.69) is 160 Å². The monoisotopic (exact) mass is 644 g/mol. The number of aromatic nitrogens is 3. The SMILES string of the molecule is Cc1ccc2c(c1)[C@H]([n+]1ccccc1-c1ccc(C)cc1I1c3cc(C)ccc3-c3cccc[n+]31)[n+]1ccccc1-2. The Hall–Kier alpha value is -4.16. The zero-order chi connectivity index (χ0) is 27.7. The summed E-state index contributed by atoms with van der Waals surface area (Å²) in [6, 6.07) is 40.9. The first-order valence-corrected chi connectivity index (χ1v) is 17.2. The van der Waals surface area contributed by atoms with Crippen LogP contribution in [0.4, 0.5) is 0 Å². The molecule has 3 nitrogen and oxygen atoms in total. The van der Waals surface area contributed by atoms with Crippen LogP contribution in [0.15, 0.2) is 128 Å². The Morgan fingerprint density at radius 1 is 0.488 bits per heavy atom. The number of aryl methyl sites for hydroxylation is 3. The number of halogens is 1. The number of rotatable bonds is 3. The van der Waals surface area contributed by atoms with Crippen LogP contribution in [0, 0.1) is 27.9 Å². The second kappa shape index (κ2) is 9.45. The number of pyridine rings is 3. The zero-order valence-electron chi connectivity index (χ0n) is 23.4. The van der Waals surface area contributed by atoms with Crippen molar-refractivity contribution >= 4 is 20.1 Å². The van der Waals surface area contributed by atoms with Crippen LogP contribution in [0.25, 0.3) is 33.8 Å². The van der Waals surface area contributed by atoms with E-state index in [9.17, 15) is 0 Å². The summed E-state index contributed by atoms with van der Waals surface area (Å²) >= 11 is -2.04. The van der Waals surface area contributed by atoms with Crippen molar-refractivity contribution < 1.29 is 11.9 Å². The van der Waals surface area contributed by atoms with Gasteiger partial charge in [0.2, 0.25) is 0 Å². The molecular weight excluding hydrogens is 613 g/mol. The molecule has 0 bridgehead atoms. The van der Waals surface area contributed by atoms with E-state index in [1.54, 1.807) is 0 Å². The third-order valence-electron chi connectivity index (χ3n) is 8.25. The first kappa shape index (κ1) is 24.6. The summed E-state index contributed by atoms with van der Waals surface area (Å²) in [4.78, 5) is 0. The van der Waals surface area contributed by atoms with Crippen LogP contribution in [-0.4, -0.2) is 0 Å². The van der Waals surface area contributed by atoms with Crippen molar-refractivity contribution in [1.29, 1.82) is 0 Å². The van der Waals surface area contributed by atoms with E-state index < -0.39 is 20.1 Å². The van der Waals surface area contributed by atoms with Gasteiger partial charge in [-0.25, -0.2) is 0 Å². The van der Waals surface area contributed by atoms with Gasteiger partial charge in [0.25, 0.3) is 0 Å². The van der Waals surface area contributed by atoms with Crippen LogP contribution < -0.4 is 11.9 Å². The van der Waals surface area contributed by atoms with Gasteiger partial charge in [0.1, 0.15) is 0 Å². The van der Waals surface area contributed by atoms with Crippen LogP contribution in [0.1, 0.15) is 28.4 Å². The van der Waals surface area contributed by atoms with Gasteiger partial charge in [0.15, 0.2) is 0 Å². The van der Waals surface area contributed by atoms with Gasteiger partial charge in [0, 0.05) is 0 Å². The molecule has 0 fully saturated rings. The maximum atomic E-state index is 2.61. The summed E-state index contributed by atoms with van der Waals surface area (Å²) < 4.78 is 10.5. The zero-order valence-corrected chi connectivity index (χ0v) is 25.6. The molecule has 0 saturated carbocycles. The third-order valence-corrected chi connectivity index (χ3v) is 14.1. The van der Waals surface area contributed by atoms with Crippen molar-refractivity contribution in [1.82, 2.24) is 0 Å². The average Bonchev–Trinajstić information content (AvgIpc) is 3.49. The van der Waals surface area contributed by atoms with Crippen molar-refractivity contribution in [2.75, 3.05) is 0 Å². The minimum atomic E-state index is -2.04. The number of hydrogen-bond donors (Lipinski definition) is 0. The Morgan fingerprint density at radius 3 is 1.61 bits per heavy atom. The predicted octanol–water partition coefficient (Wildman–Crippen LogP) is 7.21. The van der Waals surface area contributed by atoms with Crippen LogP contribution in [0.2, 0.25) is 0 Å². The maximum absolute atomic E-state index is 2.61. The van der Waals surface area contributed by atoms with E-state index >= 15 is 0 Å². The van der Waals surface area contributed by atoms with Crippen molar-refractivity contribution in [3.63, 3.8) is 0 Å². The second-order valence-corrected chi connectivity index (χ2v) is 15.9. The Labute approximate surface area is 248 Å². The van der Waals surface area contributed by atoms with E-state index in [-0.39, 0.29) is 6.17 Å². The molecule has 0 spiro atoms. The van der Waals surface area contributed by atoms with E-state index in [0.717, 1.165) is 0 Å². The van der Waals surface area contributed by atoms with E-state index in [4.69, 9.17) is 0 Å². The van der Waals surface area contributed by atoms with Crippen LogP contribution >= 0.6 is 20.1 Å². The topological polar surface area (TPSA) is 11.6 Å². The summed E-state index contributed by atoms with van der Waals surface area (Å²) in [5.41, 5.74) is 13.2. The summed E-state index contributed by atoms with van der Waals surface area (Å²) in [7, 11) is 0. The third kappa shape index (κ3) is 3.81. The fourth-order valence-corrected chi connectivity index (χ4v) is 13.2. The Kier molecular flexibility index (Phi) is 5.68. The standard InChI is InChI=1S/C37H31IN3/c1-25-13-16-28-31(22-25)37(39-19-7-4-10-34(28)39)40-20-8-5-11-35(40)29-17-14-26(2)23-32(29)38-33-24-27(3)15-18-30(33)36-12-6-9-21-41(36)38/h4-24,37H,1-3H3/q+3/t37-/m0/s1. The molecule has 8 rings (SSSR count). The minimum absolute atomic E-state index is 0.0494. The molecule has 6 aromatic rings. The first-order chi connectivity index (χ1) is 20.1. The summed E-state index contributed by atoms with van der Waals surface area (Å²) in [6.45, 7) is 6.65. The molecule has 0 saturated heterocycles. The Morgan fingerprint density at radius 2 is 0.976 bits per heavy atom. The van der Waals surface area contributed by atoms with Gasteiger partial charge in [0.05, 0.1) is 0 Å². The van der Waals surface area contributed by atoms with E-state index in [1.165, 1.54) is 63.2 Å². The average molecular weight is 645 g/mol. The van der Waals surface area contributed by atoms with Gasteiger partial charge in [-0.1, -0.05) is 0 Å². The van der Waals surface area contributed by atoms with Gasteiger partial charge in [-0.2, -0.15) is 0 Å². The van der Waals surface area contributed by atoms with Crippen molar-refractivity contribution in [3.05, 3.63) is 157 Å². The molecule has 3 aromatic carbocycles. The van der Waals surface area contributed by atoms with Crippen LogP contribution in [0.3, 0.4) is 0 Å². The number of nitrogens with zero attached hydrogens (tertiary/aromatic N) is 3.